The molecule has 0 saturated carbocycles. The van der Waals surface area contributed by atoms with Gasteiger partial charge in [-0.15, -0.1) is 0 Å². The highest BCUT2D eigenvalue weighted by Gasteiger charge is 2.19. The lowest BCUT2D eigenvalue weighted by Gasteiger charge is -2.09. The van der Waals surface area contributed by atoms with E-state index in [9.17, 15) is 9.90 Å². The van der Waals surface area contributed by atoms with Gasteiger partial charge in [-0.3, -0.25) is 4.79 Å². The minimum atomic E-state index is -1.33. The van der Waals surface area contributed by atoms with Gasteiger partial charge in [0.05, 0.1) is 0 Å². The number of para-hydroxylation sites is 1. The highest BCUT2D eigenvalue weighted by Crippen LogP contribution is 2.31. The van der Waals surface area contributed by atoms with Crippen molar-refractivity contribution in [1.82, 2.24) is 0 Å². The maximum Gasteiger partial charge on any atom is 0.325 e. The van der Waals surface area contributed by atoms with Crippen LogP contribution in [0.25, 0.3) is 0 Å². The molecule has 0 bridgehead atoms. The molecule has 0 aromatic heterocycles. The zero-order chi connectivity index (χ0) is 10.0. The van der Waals surface area contributed by atoms with Crippen LogP contribution in [0.4, 0.5) is 0 Å². The average molecular weight is 183 g/mol. The molecule has 1 aromatic rings. The van der Waals surface area contributed by atoms with Crippen molar-refractivity contribution in [3.8, 4) is 11.5 Å². The number of hydrogen-bond acceptors (Lipinski definition) is 4. The van der Waals surface area contributed by atoms with Crippen LogP contribution in [0.3, 0.4) is 0 Å². The van der Waals surface area contributed by atoms with Gasteiger partial charge in [0.1, 0.15) is 6.04 Å². The van der Waals surface area contributed by atoms with Crippen molar-refractivity contribution in [2.24, 2.45) is 5.73 Å². The molecular formula is C8H9NO4. The Morgan fingerprint density at radius 1 is 1.38 bits per heavy atom. The topological polar surface area (TPSA) is 104 Å². The predicted molar refractivity (Wildman–Crippen MR) is 44.3 cm³/mol. The van der Waals surface area contributed by atoms with E-state index >= 15 is 0 Å². The fourth-order valence-electron chi connectivity index (χ4n) is 0.933. The molecule has 0 heterocycles. The maximum atomic E-state index is 10.4. The Bertz CT molecular complexity index is 337. The number of carbonyl (C=O) groups is 1. The molecule has 1 unspecified atom stereocenters. The van der Waals surface area contributed by atoms with E-state index in [0.717, 1.165) is 0 Å². The second-order valence-electron chi connectivity index (χ2n) is 2.53. The Labute approximate surface area is 74.0 Å². The number of carboxylic acids is 1. The number of hydrogen-bond donors (Lipinski definition) is 4. The van der Waals surface area contributed by atoms with Gasteiger partial charge in [0, 0.05) is 5.56 Å². The molecule has 13 heavy (non-hydrogen) atoms. The van der Waals surface area contributed by atoms with Crippen molar-refractivity contribution in [3.05, 3.63) is 23.8 Å². The number of carboxylic acid groups (broad SMARTS) is 1. The van der Waals surface area contributed by atoms with Crippen molar-refractivity contribution in [3.63, 3.8) is 0 Å². The van der Waals surface area contributed by atoms with Crippen LogP contribution in [-0.2, 0) is 4.79 Å². The number of aromatic hydroxyl groups is 2. The maximum absolute atomic E-state index is 10.4. The molecule has 0 aliphatic heterocycles. The minimum absolute atomic E-state index is 0.00694. The lowest BCUT2D eigenvalue weighted by atomic mass is 10.1. The number of benzene rings is 1. The van der Waals surface area contributed by atoms with Crippen molar-refractivity contribution in [2.45, 2.75) is 6.04 Å². The number of rotatable bonds is 2. The zero-order valence-corrected chi connectivity index (χ0v) is 6.64. The molecule has 0 amide bonds. The van der Waals surface area contributed by atoms with Gasteiger partial charge in [-0.25, -0.2) is 0 Å². The second-order valence-corrected chi connectivity index (χ2v) is 2.53. The summed E-state index contributed by atoms with van der Waals surface area (Å²) >= 11 is 0. The van der Waals surface area contributed by atoms with Gasteiger partial charge in [0.25, 0.3) is 0 Å². The fourth-order valence-corrected chi connectivity index (χ4v) is 0.933. The van der Waals surface area contributed by atoms with Gasteiger partial charge < -0.3 is 21.1 Å². The van der Waals surface area contributed by atoms with E-state index in [4.69, 9.17) is 15.9 Å². The van der Waals surface area contributed by atoms with Gasteiger partial charge in [-0.2, -0.15) is 0 Å². The smallest absolute Gasteiger partial charge is 0.325 e. The van der Waals surface area contributed by atoms with E-state index in [1.54, 1.807) is 0 Å². The first-order chi connectivity index (χ1) is 6.04. The summed E-state index contributed by atoms with van der Waals surface area (Å²) in [6.07, 6.45) is 0. The first-order valence-corrected chi connectivity index (χ1v) is 3.53. The van der Waals surface area contributed by atoms with Crippen molar-refractivity contribution in [1.29, 1.82) is 0 Å². The van der Waals surface area contributed by atoms with Crippen LogP contribution in [0, 0.1) is 0 Å². The highest BCUT2D eigenvalue weighted by atomic mass is 16.4. The van der Waals surface area contributed by atoms with E-state index < -0.39 is 17.8 Å². The predicted octanol–water partition coefficient (Wildman–Crippen LogP) is 0.182. The van der Waals surface area contributed by atoms with Crippen LogP contribution < -0.4 is 5.73 Å². The SMILES string of the molecule is NC(C(=O)O)c1cccc(O)c1O. The summed E-state index contributed by atoms with van der Waals surface area (Å²) in [5.41, 5.74) is 5.23. The summed E-state index contributed by atoms with van der Waals surface area (Å²) < 4.78 is 0. The summed E-state index contributed by atoms with van der Waals surface area (Å²) in [6.45, 7) is 0. The summed E-state index contributed by atoms with van der Waals surface area (Å²) in [7, 11) is 0. The van der Waals surface area contributed by atoms with Crippen molar-refractivity contribution >= 4 is 5.97 Å². The monoisotopic (exact) mass is 183 g/mol. The van der Waals surface area contributed by atoms with Gasteiger partial charge in [0.15, 0.2) is 11.5 Å². The van der Waals surface area contributed by atoms with Crippen LogP contribution in [0.5, 0.6) is 11.5 Å². The summed E-state index contributed by atoms with van der Waals surface area (Å²) in [5, 5.41) is 26.8. The summed E-state index contributed by atoms with van der Waals surface area (Å²) in [6, 6.07) is 2.67. The Morgan fingerprint density at radius 3 is 2.54 bits per heavy atom. The molecule has 0 aliphatic rings. The number of nitrogens with two attached hydrogens (primary N) is 1. The molecule has 1 aromatic carbocycles. The number of phenols is 2. The number of phenolic OH excluding ortho intramolecular Hbond substituents is 2. The average Bonchev–Trinajstić information content (AvgIpc) is 2.08. The third kappa shape index (κ3) is 1.70. The standard InChI is InChI=1S/C8H9NO4/c9-6(8(12)13)4-2-1-3-5(10)7(4)11/h1-3,6,10-11H,9H2,(H,12,13). The first kappa shape index (κ1) is 9.34. The van der Waals surface area contributed by atoms with Crippen molar-refractivity contribution in [2.75, 3.05) is 0 Å². The van der Waals surface area contributed by atoms with E-state index in [1.165, 1.54) is 18.2 Å². The van der Waals surface area contributed by atoms with Crippen LogP contribution >= 0.6 is 0 Å². The molecule has 5 N–H and O–H groups in total. The third-order valence-corrected chi connectivity index (χ3v) is 1.65. The van der Waals surface area contributed by atoms with Gasteiger partial charge in [0.2, 0.25) is 0 Å². The quantitative estimate of drug-likeness (QED) is 0.490. The first-order valence-electron chi connectivity index (χ1n) is 3.53. The van der Waals surface area contributed by atoms with Crippen molar-refractivity contribution < 1.29 is 20.1 Å². The van der Waals surface area contributed by atoms with Gasteiger partial charge in [-0.05, 0) is 6.07 Å². The summed E-state index contributed by atoms with van der Waals surface area (Å²) in [5.74, 6) is -2.13. The van der Waals surface area contributed by atoms with Crippen LogP contribution in [0.1, 0.15) is 11.6 Å². The molecule has 5 nitrogen and oxygen atoms in total. The molecular weight excluding hydrogens is 174 g/mol. The molecule has 0 saturated heterocycles. The van der Waals surface area contributed by atoms with Gasteiger partial charge in [-0.1, -0.05) is 12.1 Å². The van der Waals surface area contributed by atoms with E-state index in [2.05, 4.69) is 0 Å². The lowest BCUT2D eigenvalue weighted by molar-refractivity contribution is -0.138. The van der Waals surface area contributed by atoms with E-state index in [-0.39, 0.29) is 11.3 Å². The molecule has 0 spiro atoms. The molecule has 70 valence electrons. The second kappa shape index (κ2) is 3.32. The molecule has 5 heteroatoms. The molecule has 1 atom stereocenters. The highest BCUT2D eigenvalue weighted by molar-refractivity contribution is 5.76. The van der Waals surface area contributed by atoms with E-state index in [0.29, 0.717) is 0 Å². The minimum Gasteiger partial charge on any atom is -0.504 e. The lowest BCUT2D eigenvalue weighted by Crippen LogP contribution is -2.20. The zero-order valence-electron chi connectivity index (χ0n) is 6.64. The van der Waals surface area contributed by atoms with Crippen LogP contribution in [0.2, 0.25) is 0 Å². The normalized spacial score (nSPS) is 12.4. The molecule has 1 rings (SSSR count). The Hall–Kier alpha value is -1.75. The Balaban J connectivity index is 3.15. The summed E-state index contributed by atoms with van der Waals surface area (Å²) in [4.78, 5) is 10.4. The number of aliphatic carboxylic acids is 1. The van der Waals surface area contributed by atoms with Crippen LogP contribution in [0.15, 0.2) is 18.2 Å². The third-order valence-electron chi connectivity index (χ3n) is 1.65. The Morgan fingerprint density at radius 2 is 2.00 bits per heavy atom. The van der Waals surface area contributed by atoms with E-state index in [1.807, 2.05) is 0 Å². The fraction of sp³-hybridized carbons (Fsp3) is 0.125. The van der Waals surface area contributed by atoms with Crippen LogP contribution in [-0.4, -0.2) is 21.3 Å². The molecule has 0 radical (unpaired) electrons. The largest absolute Gasteiger partial charge is 0.504 e. The molecule has 0 aliphatic carbocycles. The molecule has 0 fully saturated rings. The Kier molecular flexibility index (Phi) is 2.39. The van der Waals surface area contributed by atoms with Gasteiger partial charge >= 0.3 is 5.97 Å².